The van der Waals surface area contributed by atoms with Crippen molar-refractivity contribution in [3.8, 4) is 0 Å². The summed E-state index contributed by atoms with van der Waals surface area (Å²) in [5, 5.41) is 9.20. The fourth-order valence-corrected chi connectivity index (χ4v) is 2.65. The Bertz CT molecular complexity index is 605. The number of benzene rings is 1. The summed E-state index contributed by atoms with van der Waals surface area (Å²) in [4.78, 5) is 23.4. The van der Waals surface area contributed by atoms with Gasteiger partial charge in [0.05, 0.1) is 0 Å². The third-order valence-electron chi connectivity index (χ3n) is 3.90. The molecule has 2 rings (SSSR count). The van der Waals surface area contributed by atoms with Crippen LogP contribution in [0.5, 0.6) is 0 Å². The molecular weight excluding hydrogens is 287 g/mol. The highest BCUT2D eigenvalue weighted by Crippen LogP contribution is 2.45. The molecule has 1 aromatic rings. The summed E-state index contributed by atoms with van der Waals surface area (Å²) < 4.78 is 42.6. The number of carbonyl (C=O) groups is 2. The molecule has 1 saturated heterocycles. The number of piperidine rings is 1. The molecule has 1 aliphatic heterocycles. The molecule has 1 fully saturated rings. The first-order valence-corrected chi connectivity index (χ1v) is 6.28. The van der Waals surface area contributed by atoms with E-state index in [2.05, 4.69) is 0 Å². The molecule has 0 bridgehead atoms. The first-order chi connectivity index (χ1) is 9.62. The monoisotopic (exact) mass is 301 g/mol. The molecule has 0 spiro atoms. The Balaban J connectivity index is 2.66. The van der Waals surface area contributed by atoms with Gasteiger partial charge in [-0.1, -0.05) is 18.2 Å². The minimum atomic E-state index is -2.65. The van der Waals surface area contributed by atoms with Gasteiger partial charge in [-0.2, -0.15) is 0 Å². The van der Waals surface area contributed by atoms with Crippen LogP contribution < -0.4 is 0 Å². The van der Waals surface area contributed by atoms with E-state index in [0.717, 1.165) is 19.9 Å². The summed E-state index contributed by atoms with van der Waals surface area (Å²) in [6, 6.07) is 4.96. The highest BCUT2D eigenvalue weighted by atomic mass is 19.2. The maximum absolute atomic E-state index is 14.5. The van der Waals surface area contributed by atoms with Crippen molar-refractivity contribution in [2.24, 2.45) is 0 Å². The van der Waals surface area contributed by atoms with Gasteiger partial charge in [-0.15, -0.1) is 0 Å². The van der Waals surface area contributed by atoms with Crippen LogP contribution in [0.15, 0.2) is 24.3 Å². The number of likely N-dealkylation sites (tertiary alicyclic amines) is 1. The zero-order chi connectivity index (χ0) is 16.0. The molecule has 21 heavy (non-hydrogen) atoms. The van der Waals surface area contributed by atoms with Gasteiger partial charge >= 0.3 is 6.09 Å². The van der Waals surface area contributed by atoms with E-state index in [1.54, 1.807) is 0 Å². The number of rotatable bonds is 1. The van der Waals surface area contributed by atoms with Gasteiger partial charge in [0.25, 0.3) is 5.91 Å². The van der Waals surface area contributed by atoms with E-state index in [0.29, 0.717) is 0 Å². The lowest BCUT2D eigenvalue weighted by molar-refractivity contribution is -0.161. The summed E-state index contributed by atoms with van der Waals surface area (Å²) in [5.41, 5.74) is -5.06. The number of carboxylic acid groups (broad SMARTS) is 1. The molecule has 114 valence electrons. The van der Waals surface area contributed by atoms with Crippen LogP contribution in [0, 0.1) is 5.82 Å². The van der Waals surface area contributed by atoms with Gasteiger partial charge < -0.3 is 5.11 Å². The van der Waals surface area contributed by atoms with Crippen molar-refractivity contribution in [1.29, 1.82) is 0 Å². The Morgan fingerprint density at radius 3 is 2.48 bits per heavy atom. The molecule has 0 radical (unpaired) electrons. The maximum atomic E-state index is 14.5. The standard InChI is InChI=1S/C14H14F3NO3/c1-13(17)7-10(16)14(2,18(11(13)19)12(20)21)8-5-3-4-6-9(8)15/h3-6,10H,7H2,1-2H3,(H,20,21)/t10-,13+,14-/m1/s1. The van der Waals surface area contributed by atoms with Crippen molar-refractivity contribution in [1.82, 2.24) is 4.90 Å². The normalized spacial score (nSPS) is 33.1. The fourth-order valence-electron chi connectivity index (χ4n) is 2.65. The second-order valence-corrected chi connectivity index (χ2v) is 5.42. The average Bonchev–Trinajstić information content (AvgIpc) is 2.36. The molecular formula is C14H14F3NO3. The van der Waals surface area contributed by atoms with Gasteiger partial charge in [-0.3, -0.25) is 4.79 Å². The molecule has 0 aromatic heterocycles. The van der Waals surface area contributed by atoms with Crippen LogP contribution in [0.3, 0.4) is 0 Å². The van der Waals surface area contributed by atoms with Crippen molar-refractivity contribution in [3.63, 3.8) is 0 Å². The zero-order valence-electron chi connectivity index (χ0n) is 11.4. The molecule has 3 atom stereocenters. The number of hydrogen-bond acceptors (Lipinski definition) is 2. The molecule has 1 heterocycles. The zero-order valence-corrected chi connectivity index (χ0v) is 11.4. The molecule has 2 amide bonds. The lowest BCUT2D eigenvalue weighted by Gasteiger charge is -2.47. The van der Waals surface area contributed by atoms with Crippen molar-refractivity contribution in [3.05, 3.63) is 35.6 Å². The Morgan fingerprint density at radius 2 is 1.95 bits per heavy atom. The number of carbonyl (C=O) groups excluding carboxylic acids is 1. The number of nitrogens with zero attached hydrogens (tertiary/aromatic N) is 1. The van der Waals surface area contributed by atoms with Gasteiger partial charge in [-0.25, -0.2) is 22.9 Å². The molecule has 1 aromatic carbocycles. The Hall–Kier alpha value is -2.05. The summed E-state index contributed by atoms with van der Waals surface area (Å²) in [7, 11) is 0. The van der Waals surface area contributed by atoms with E-state index in [1.807, 2.05) is 0 Å². The topological polar surface area (TPSA) is 57.6 Å². The van der Waals surface area contributed by atoms with E-state index >= 15 is 0 Å². The molecule has 4 nitrogen and oxygen atoms in total. The summed E-state index contributed by atoms with van der Waals surface area (Å²) in [6.07, 6.45) is -4.73. The van der Waals surface area contributed by atoms with Crippen LogP contribution in [0.1, 0.15) is 25.8 Å². The molecule has 1 N–H and O–H groups in total. The Morgan fingerprint density at radius 1 is 1.38 bits per heavy atom. The second-order valence-electron chi connectivity index (χ2n) is 5.42. The van der Waals surface area contributed by atoms with Crippen LogP contribution >= 0.6 is 0 Å². The number of alkyl halides is 2. The smallest absolute Gasteiger partial charge is 0.415 e. The lowest BCUT2D eigenvalue weighted by atomic mass is 9.76. The Labute approximate surface area is 119 Å². The lowest BCUT2D eigenvalue weighted by Crippen LogP contribution is -2.65. The first-order valence-electron chi connectivity index (χ1n) is 6.28. The van der Waals surface area contributed by atoms with Crippen molar-refractivity contribution >= 4 is 12.0 Å². The van der Waals surface area contributed by atoms with Crippen molar-refractivity contribution < 1.29 is 27.9 Å². The average molecular weight is 301 g/mol. The van der Waals surface area contributed by atoms with Gasteiger partial charge in [0.15, 0.2) is 5.67 Å². The Kier molecular flexibility index (Phi) is 3.47. The van der Waals surface area contributed by atoms with Gasteiger partial charge in [0.2, 0.25) is 0 Å². The molecule has 0 aliphatic carbocycles. The quantitative estimate of drug-likeness (QED) is 0.867. The van der Waals surface area contributed by atoms with Crippen molar-refractivity contribution in [2.45, 2.75) is 37.6 Å². The van der Waals surface area contributed by atoms with Crippen molar-refractivity contribution in [2.75, 3.05) is 0 Å². The summed E-state index contributed by atoms with van der Waals surface area (Å²) in [6.45, 7) is 1.90. The first kappa shape index (κ1) is 15.3. The van der Waals surface area contributed by atoms with E-state index < -0.39 is 41.6 Å². The highest BCUT2D eigenvalue weighted by molar-refractivity contribution is 5.98. The number of halogens is 3. The minimum absolute atomic E-state index is 0.0551. The second kappa shape index (κ2) is 4.75. The van der Waals surface area contributed by atoms with E-state index in [4.69, 9.17) is 0 Å². The van der Waals surface area contributed by atoms with Crippen LogP contribution in [-0.2, 0) is 10.3 Å². The predicted octanol–water partition coefficient (Wildman–Crippen LogP) is 3.02. The van der Waals surface area contributed by atoms with Gasteiger partial charge in [-0.05, 0) is 19.9 Å². The SMILES string of the molecule is C[C@]1(F)C[C@@H](F)[C@@](C)(c2ccccc2F)N(C(=O)O)C1=O. The third kappa shape index (κ3) is 2.16. The van der Waals surface area contributed by atoms with E-state index in [9.17, 15) is 27.9 Å². The van der Waals surface area contributed by atoms with Gasteiger partial charge in [0.1, 0.15) is 17.5 Å². The minimum Gasteiger partial charge on any atom is -0.465 e. The predicted molar refractivity (Wildman–Crippen MR) is 67.6 cm³/mol. The maximum Gasteiger partial charge on any atom is 0.415 e. The van der Waals surface area contributed by atoms with Crippen LogP contribution in [0.2, 0.25) is 0 Å². The summed E-state index contributed by atoms with van der Waals surface area (Å²) in [5.74, 6) is -2.25. The number of imide groups is 1. The fraction of sp³-hybridized carbons (Fsp3) is 0.429. The third-order valence-corrected chi connectivity index (χ3v) is 3.90. The van der Waals surface area contributed by atoms with Crippen LogP contribution in [0.4, 0.5) is 18.0 Å². The van der Waals surface area contributed by atoms with Gasteiger partial charge in [0, 0.05) is 12.0 Å². The van der Waals surface area contributed by atoms with E-state index in [-0.39, 0.29) is 10.5 Å². The molecule has 1 aliphatic rings. The number of amides is 2. The molecule has 0 unspecified atom stereocenters. The number of hydrogen-bond donors (Lipinski definition) is 1. The van der Waals surface area contributed by atoms with Crippen LogP contribution in [0.25, 0.3) is 0 Å². The summed E-state index contributed by atoms with van der Waals surface area (Å²) >= 11 is 0. The molecule has 0 saturated carbocycles. The highest BCUT2D eigenvalue weighted by Gasteiger charge is 2.60. The van der Waals surface area contributed by atoms with E-state index in [1.165, 1.54) is 18.2 Å². The largest absolute Gasteiger partial charge is 0.465 e. The molecule has 7 heteroatoms. The van der Waals surface area contributed by atoms with Crippen LogP contribution in [-0.4, -0.2) is 33.8 Å².